The van der Waals surface area contributed by atoms with Gasteiger partial charge in [0.1, 0.15) is 0 Å². The van der Waals surface area contributed by atoms with Crippen molar-refractivity contribution < 1.29 is 27.1 Å². The van der Waals surface area contributed by atoms with E-state index in [2.05, 4.69) is 0 Å². The van der Waals surface area contributed by atoms with Crippen LogP contribution in [0.5, 0.6) is 0 Å². The quantitative estimate of drug-likeness (QED) is 0.389. The Morgan fingerprint density at radius 3 is 1.87 bits per heavy atom. The van der Waals surface area contributed by atoms with Crippen LogP contribution in [0.25, 0.3) is 0 Å². The highest BCUT2D eigenvalue weighted by Crippen LogP contribution is 2.26. The molecule has 0 heterocycles. The molecule has 0 radical (unpaired) electrons. The molecular formula is C16H25F3O3Si. The van der Waals surface area contributed by atoms with E-state index in [0.717, 1.165) is 12.1 Å². The number of halogens is 3. The molecule has 1 aromatic rings. The molecule has 0 saturated heterocycles. The van der Waals surface area contributed by atoms with Gasteiger partial charge >= 0.3 is 0 Å². The Bertz CT molecular complexity index is 476. The number of ether oxygens (including phenoxy) is 2. The zero-order valence-electron chi connectivity index (χ0n) is 14.3. The lowest BCUT2D eigenvalue weighted by Gasteiger charge is -2.36. The first-order chi connectivity index (χ1) is 10.7. The maximum atomic E-state index is 13.2. The largest absolute Gasteiger partial charge is 0.380 e. The number of hydrogen-bond acceptors (Lipinski definition) is 3. The van der Waals surface area contributed by atoms with Gasteiger partial charge in [0.2, 0.25) is 0 Å². The molecule has 0 atom stereocenters. The van der Waals surface area contributed by atoms with Gasteiger partial charge < -0.3 is 13.9 Å². The summed E-state index contributed by atoms with van der Waals surface area (Å²) in [4.78, 5) is 0. The lowest BCUT2D eigenvalue weighted by molar-refractivity contribution is -0.369. The second kappa shape index (κ2) is 8.82. The Morgan fingerprint density at radius 1 is 1.00 bits per heavy atom. The van der Waals surface area contributed by atoms with Crippen molar-refractivity contribution in [1.29, 1.82) is 0 Å². The van der Waals surface area contributed by atoms with Crippen molar-refractivity contribution in [2.45, 2.75) is 65.1 Å². The van der Waals surface area contributed by atoms with E-state index in [1.807, 2.05) is 27.7 Å². The molecule has 0 amide bonds. The first-order valence-electron chi connectivity index (χ1n) is 7.73. The van der Waals surface area contributed by atoms with E-state index in [-0.39, 0.29) is 12.2 Å². The smallest absolute Gasteiger partial charge is 0.273 e. The van der Waals surface area contributed by atoms with Crippen molar-refractivity contribution >= 4 is 10.5 Å². The molecule has 0 aliphatic rings. The SMILES string of the molecule is CC(C)OC(CCCc1cc(F)c(F)c(F)c1)(O[SiH3])OC(C)C. The third kappa shape index (κ3) is 6.25. The monoisotopic (exact) mass is 350 g/mol. The Kier molecular flexibility index (Phi) is 7.73. The highest BCUT2D eigenvalue weighted by Gasteiger charge is 2.33. The molecule has 0 aliphatic heterocycles. The fourth-order valence-electron chi connectivity index (χ4n) is 2.32. The Labute approximate surface area is 138 Å². The van der Waals surface area contributed by atoms with E-state index >= 15 is 0 Å². The maximum Gasteiger partial charge on any atom is 0.273 e. The van der Waals surface area contributed by atoms with Crippen molar-refractivity contribution in [3.8, 4) is 0 Å². The Morgan fingerprint density at radius 2 is 1.48 bits per heavy atom. The van der Waals surface area contributed by atoms with E-state index in [1.54, 1.807) is 0 Å². The van der Waals surface area contributed by atoms with Gasteiger partial charge in [0, 0.05) is 6.42 Å². The highest BCUT2D eigenvalue weighted by atomic mass is 28.2. The summed E-state index contributed by atoms with van der Waals surface area (Å²) in [6.07, 6.45) is 1.11. The molecule has 0 fully saturated rings. The van der Waals surface area contributed by atoms with Gasteiger partial charge in [-0.1, -0.05) is 0 Å². The summed E-state index contributed by atoms with van der Waals surface area (Å²) >= 11 is 0. The van der Waals surface area contributed by atoms with E-state index in [9.17, 15) is 13.2 Å². The van der Waals surface area contributed by atoms with Crippen molar-refractivity contribution in [2.24, 2.45) is 0 Å². The summed E-state index contributed by atoms with van der Waals surface area (Å²) in [5, 5.41) is 0. The molecule has 1 rings (SSSR count). The van der Waals surface area contributed by atoms with E-state index in [0.29, 0.717) is 35.3 Å². The summed E-state index contributed by atoms with van der Waals surface area (Å²) < 4.78 is 56.5. The van der Waals surface area contributed by atoms with Crippen LogP contribution < -0.4 is 0 Å². The minimum absolute atomic E-state index is 0.0941. The summed E-state index contributed by atoms with van der Waals surface area (Å²) in [7, 11) is 0.420. The van der Waals surface area contributed by atoms with Crippen molar-refractivity contribution in [3.63, 3.8) is 0 Å². The predicted octanol–water partition coefficient (Wildman–Crippen LogP) is 3.23. The van der Waals surface area contributed by atoms with Gasteiger partial charge in [-0.2, -0.15) is 0 Å². The number of hydrogen-bond donors (Lipinski definition) is 0. The standard InChI is InChI=1S/C16H25F3O3Si/c1-10(2)20-16(22-23,21-11(3)4)7-5-6-12-8-13(17)15(19)14(18)9-12/h8-11H,5-7H2,1-4,23H3. The molecule has 0 N–H and O–H groups in total. The van der Waals surface area contributed by atoms with Gasteiger partial charge in [0.25, 0.3) is 5.97 Å². The summed E-state index contributed by atoms with van der Waals surface area (Å²) in [5.41, 5.74) is 0.387. The summed E-state index contributed by atoms with van der Waals surface area (Å²) in [6.45, 7) is 7.51. The van der Waals surface area contributed by atoms with E-state index in [1.165, 1.54) is 0 Å². The molecule has 1 aromatic carbocycles. The third-order valence-electron chi connectivity index (χ3n) is 3.13. The van der Waals surface area contributed by atoms with Crippen LogP contribution >= 0.6 is 0 Å². The number of rotatable bonds is 9. The van der Waals surface area contributed by atoms with Gasteiger partial charge in [-0.15, -0.1) is 0 Å². The summed E-state index contributed by atoms with van der Waals surface area (Å²) in [5.74, 6) is -4.95. The minimum atomic E-state index is -1.45. The van der Waals surface area contributed by atoms with Gasteiger partial charge in [-0.25, -0.2) is 13.2 Å². The third-order valence-corrected chi connectivity index (χ3v) is 3.76. The zero-order valence-corrected chi connectivity index (χ0v) is 16.3. The van der Waals surface area contributed by atoms with Crippen molar-refractivity contribution in [2.75, 3.05) is 0 Å². The lowest BCUT2D eigenvalue weighted by Crippen LogP contribution is -2.42. The second-order valence-electron chi connectivity index (χ2n) is 5.95. The average molecular weight is 350 g/mol. The van der Waals surface area contributed by atoms with Crippen molar-refractivity contribution in [1.82, 2.24) is 0 Å². The van der Waals surface area contributed by atoms with Crippen LogP contribution in [0.1, 0.15) is 46.1 Å². The first-order valence-corrected chi connectivity index (χ1v) is 8.55. The number of aryl methyl sites for hydroxylation is 1. The van der Waals surface area contributed by atoms with Crippen LogP contribution in [-0.4, -0.2) is 28.7 Å². The van der Waals surface area contributed by atoms with Gasteiger partial charge in [-0.3, -0.25) is 0 Å². The topological polar surface area (TPSA) is 27.7 Å². The molecule has 0 aliphatic carbocycles. The average Bonchev–Trinajstić information content (AvgIpc) is 2.43. The molecule has 3 nitrogen and oxygen atoms in total. The lowest BCUT2D eigenvalue weighted by atomic mass is 10.1. The van der Waals surface area contributed by atoms with Crippen LogP contribution in [0.2, 0.25) is 0 Å². The fraction of sp³-hybridized carbons (Fsp3) is 0.625. The summed E-state index contributed by atoms with van der Waals surface area (Å²) in [6, 6.07) is 2.02. The fourth-order valence-corrected chi connectivity index (χ4v) is 2.72. The molecule has 7 heteroatoms. The van der Waals surface area contributed by atoms with Crippen LogP contribution in [0, 0.1) is 17.5 Å². The van der Waals surface area contributed by atoms with Crippen LogP contribution in [0.15, 0.2) is 12.1 Å². The minimum Gasteiger partial charge on any atom is -0.380 e. The van der Waals surface area contributed by atoms with Crippen LogP contribution in [-0.2, 0) is 20.3 Å². The van der Waals surface area contributed by atoms with Crippen molar-refractivity contribution in [3.05, 3.63) is 35.1 Å². The van der Waals surface area contributed by atoms with E-state index in [4.69, 9.17) is 13.9 Å². The van der Waals surface area contributed by atoms with Gasteiger partial charge in [0.05, 0.1) is 12.2 Å². The first kappa shape index (κ1) is 20.2. The normalized spacial score (nSPS) is 12.6. The van der Waals surface area contributed by atoms with Crippen LogP contribution in [0.4, 0.5) is 13.2 Å². The molecule has 0 unspecified atom stereocenters. The maximum absolute atomic E-state index is 13.2. The van der Waals surface area contributed by atoms with Crippen LogP contribution in [0.3, 0.4) is 0 Å². The van der Waals surface area contributed by atoms with Gasteiger partial charge in [-0.05, 0) is 58.2 Å². The molecule has 132 valence electrons. The Balaban J connectivity index is 2.74. The molecule has 23 heavy (non-hydrogen) atoms. The Hall–Kier alpha value is -0.893. The van der Waals surface area contributed by atoms with Gasteiger partial charge in [0.15, 0.2) is 27.9 Å². The van der Waals surface area contributed by atoms with E-state index < -0.39 is 23.4 Å². The molecule has 0 saturated carbocycles. The second-order valence-corrected chi connectivity index (χ2v) is 6.36. The molecule has 0 spiro atoms. The molecule has 0 bridgehead atoms. The highest BCUT2D eigenvalue weighted by molar-refractivity contribution is 5.98. The predicted molar refractivity (Wildman–Crippen MR) is 85.5 cm³/mol. The molecular weight excluding hydrogens is 325 g/mol. The molecule has 0 aromatic heterocycles. The number of benzene rings is 1. The zero-order chi connectivity index (χ0) is 17.6.